The summed E-state index contributed by atoms with van der Waals surface area (Å²) in [5.41, 5.74) is 1.27. The highest BCUT2D eigenvalue weighted by Gasteiger charge is 2.23. The van der Waals surface area contributed by atoms with Crippen LogP contribution in [0.5, 0.6) is 0 Å². The number of carbonyl (C=O) groups is 1. The molecule has 1 aliphatic rings. The normalized spacial score (nSPS) is 12.5. The van der Waals surface area contributed by atoms with E-state index in [1.807, 2.05) is 30.3 Å². The van der Waals surface area contributed by atoms with Crippen LogP contribution in [-0.2, 0) is 17.9 Å². The lowest BCUT2D eigenvalue weighted by Crippen LogP contribution is -2.15. The number of hydrogen-bond donors (Lipinski definition) is 1. The molecule has 1 N–H and O–H groups in total. The Morgan fingerprint density at radius 3 is 3.05 bits per heavy atom. The van der Waals surface area contributed by atoms with Crippen molar-refractivity contribution in [3.8, 4) is 6.07 Å². The van der Waals surface area contributed by atoms with Crippen molar-refractivity contribution in [2.75, 3.05) is 11.1 Å². The second-order valence-electron chi connectivity index (χ2n) is 4.39. The standard InChI is InChI=1S/C14H12N4O2S/c15-8-11-12(16-13-18(11)6-7-21-13)17-14(19)20-9-10-4-2-1-3-5-10/h1-5H,6-7,9H2,(H,17,19). The zero-order chi connectivity index (χ0) is 14.7. The number of nitrogens with zero attached hydrogens (tertiary/aromatic N) is 3. The lowest BCUT2D eigenvalue weighted by Gasteiger charge is -2.05. The van der Waals surface area contributed by atoms with Crippen LogP contribution in [-0.4, -0.2) is 21.4 Å². The van der Waals surface area contributed by atoms with Crippen molar-refractivity contribution in [3.63, 3.8) is 0 Å². The Bertz CT molecular complexity index is 706. The molecule has 1 amide bonds. The zero-order valence-corrected chi connectivity index (χ0v) is 11.9. The number of hydrogen-bond acceptors (Lipinski definition) is 5. The van der Waals surface area contributed by atoms with Gasteiger partial charge in [0.15, 0.2) is 16.7 Å². The monoisotopic (exact) mass is 300 g/mol. The number of benzene rings is 1. The SMILES string of the molecule is N#Cc1c(NC(=O)OCc2ccccc2)nc2n1CCS2. The number of nitriles is 1. The number of amides is 1. The van der Waals surface area contributed by atoms with E-state index >= 15 is 0 Å². The Morgan fingerprint density at radius 1 is 1.48 bits per heavy atom. The van der Waals surface area contributed by atoms with Crippen molar-refractivity contribution in [1.29, 1.82) is 5.26 Å². The molecule has 2 heterocycles. The summed E-state index contributed by atoms with van der Waals surface area (Å²) in [5, 5.41) is 12.5. The molecule has 0 unspecified atom stereocenters. The first kappa shape index (κ1) is 13.5. The highest BCUT2D eigenvalue weighted by atomic mass is 32.2. The molecule has 0 saturated carbocycles. The van der Waals surface area contributed by atoms with Gasteiger partial charge in [-0.1, -0.05) is 42.1 Å². The third-order valence-corrected chi connectivity index (χ3v) is 3.97. The molecule has 2 aromatic rings. The Morgan fingerprint density at radius 2 is 2.29 bits per heavy atom. The van der Waals surface area contributed by atoms with Gasteiger partial charge in [-0.05, 0) is 5.56 Å². The molecule has 0 saturated heterocycles. The molecule has 0 spiro atoms. The van der Waals surface area contributed by atoms with Gasteiger partial charge in [-0.2, -0.15) is 5.26 Å². The van der Waals surface area contributed by atoms with E-state index in [1.165, 1.54) is 0 Å². The van der Waals surface area contributed by atoms with Crippen molar-refractivity contribution < 1.29 is 9.53 Å². The minimum atomic E-state index is -0.614. The van der Waals surface area contributed by atoms with E-state index in [9.17, 15) is 10.1 Å². The Labute approximate surface area is 125 Å². The van der Waals surface area contributed by atoms with E-state index in [-0.39, 0.29) is 12.4 Å². The van der Waals surface area contributed by atoms with Crippen LogP contribution in [0.25, 0.3) is 0 Å². The molecular formula is C14H12N4O2S. The minimum Gasteiger partial charge on any atom is -0.444 e. The van der Waals surface area contributed by atoms with Crippen molar-refractivity contribution in [3.05, 3.63) is 41.6 Å². The summed E-state index contributed by atoms with van der Waals surface area (Å²) in [6.45, 7) is 0.910. The molecule has 106 valence electrons. The maximum absolute atomic E-state index is 11.8. The fraction of sp³-hybridized carbons (Fsp3) is 0.214. The molecular weight excluding hydrogens is 288 g/mol. The maximum atomic E-state index is 11.8. The number of aromatic nitrogens is 2. The predicted octanol–water partition coefficient (Wildman–Crippen LogP) is 2.61. The van der Waals surface area contributed by atoms with Crippen LogP contribution in [0.1, 0.15) is 11.3 Å². The van der Waals surface area contributed by atoms with Crippen molar-refractivity contribution in [2.45, 2.75) is 18.3 Å². The molecule has 1 aromatic carbocycles. The smallest absolute Gasteiger partial charge is 0.413 e. The van der Waals surface area contributed by atoms with Gasteiger partial charge in [-0.3, -0.25) is 5.32 Å². The topological polar surface area (TPSA) is 79.9 Å². The third-order valence-electron chi connectivity index (χ3n) is 3.02. The molecule has 1 aliphatic heterocycles. The summed E-state index contributed by atoms with van der Waals surface area (Å²) in [4.78, 5) is 16.0. The summed E-state index contributed by atoms with van der Waals surface area (Å²) in [6, 6.07) is 11.5. The average Bonchev–Trinajstić information content (AvgIpc) is 3.06. The molecule has 0 bridgehead atoms. The van der Waals surface area contributed by atoms with E-state index in [2.05, 4.69) is 16.4 Å². The van der Waals surface area contributed by atoms with Gasteiger partial charge in [0.05, 0.1) is 0 Å². The van der Waals surface area contributed by atoms with E-state index < -0.39 is 6.09 Å². The summed E-state index contributed by atoms with van der Waals surface area (Å²) in [5.74, 6) is 1.16. The number of ether oxygens (including phenoxy) is 1. The van der Waals surface area contributed by atoms with Crippen LogP contribution in [0.4, 0.5) is 10.6 Å². The molecule has 0 fully saturated rings. The first-order chi connectivity index (χ1) is 10.3. The number of imidazole rings is 1. The zero-order valence-electron chi connectivity index (χ0n) is 11.1. The van der Waals surface area contributed by atoms with Crippen LogP contribution in [0, 0.1) is 11.3 Å². The second-order valence-corrected chi connectivity index (χ2v) is 5.45. The van der Waals surface area contributed by atoms with E-state index in [1.54, 1.807) is 16.3 Å². The van der Waals surface area contributed by atoms with Gasteiger partial charge < -0.3 is 9.30 Å². The Kier molecular flexibility index (Phi) is 3.79. The van der Waals surface area contributed by atoms with Gasteiger partial charge in [0.2, 0.25) is 0 Å². The Hall–Kier alpha value is -2.46. The molecule has 1 aromatic heterocycles. The molecule has 3 rings (SSSR count). The molecule has 21 heavy (non-hydrogen) atoms. The average molecular weight is 300 g/mol. The van der Waals surface area contributed by atoms with Crippen molar-refractivity contribution in [2.24, 2.45) is 0 Å². The molecule has 0 atom stereocenters. The predicted molar refractivity (Wildman–Crippen MR) is 77.9 cm³/mol. The summed E-state index contributed by atoms with van der Waals surface area (Å²) in [6.07, 6.45) is -0.614. The first-order valence-corrected chi connectivity index (χ1v) is 7.37. The van der Waals surface area contributed by atoms with Crippen LogP contribution in [0.15, 0.2) is 35.5 Å². The van der Waals surface area contributed by atoms with E-state index in [0.717, 1.165) is 23.0 Å². The van der Waals surface area contributed by atoms with Crippen LogP contribution in [0.3, 0.4) is 0 Å². The number of carbonyl (C=O) groups excluding carboxylic acids is 1. The van der Waals surface area contributed by atoms with Crippen molar-refractivity contribution >= 4 is 23.7 Å². The molecule has 6 nitrogen and oxygen atoms in total. The summed E-state index contributed by atoms with van der Waals surface area (Å²) in [7, 11) is 0. The van der Waals surface area contributed by atoms with Gasteiger partial charge >= 0.3 is 6.09 Å². The van der Waals surface area contributed by atoms with Crippen LogP contribution >= 0.6 is 11.8 Å². The van der Waals surface area contributed by atoms with Gasteiger partial charge in [-0.25, -0.2) is 9.78 Å². The minimum absolute atomic E-state index is 0.177. The fourth-order valence-electron chi connectivity index (χ4n) is 2.03. The van der Waals surface area contributed by atoms with Crippen LogP contribution < -0.4 is 5.32 Å². The lowest BCUT2D eigenvalue weighted by atomic mass is 10.2. The lowest BCUT2D eigenvalue weighted by molar-refractivity contribution is 0.155. The highest BCUT2D eigenvalue weighted by molar-refractivity contribution is 7.99. The third kappa shape index (κ3) is 2.85. The molecule has 7 heteroatoms. The van der Waals surface area contributed by atoms with Gasteiger partial charge in [0, 0.05) is 12.3 Å². The van der Waals surface area contributed by atoms with E-state index in [4.69, 9.17) is 4.74 Å². The molecule has 0 radical (unpaired) electrons. The fourth-order valence-corrected chi connectivity index (χ4v) is 2.99. The van der Waals surface area contributed by atoms with Crippen LogP contribution in [0.2, 0.25) is 0 Å². The quantitative estimate of drug-likeness (QED) is 0.942. The summed E-state index contributed by atoms with van der Waals surface area (Å²) >= 11 is 1.56. The number of nitrogens with one attached hydrogen (secondary N) is 1. The summed E-state index contributed by atoms with van der Waals surface area (Å²) < 4.78 is 6.92. The number of fused-ring (bicyclic) bond motifs is 1. The van der Waals surface area contributed by atoms with Gasteiger partial charge in [0.1, 0.15) is 12.7 Å². The number of anilines is 1. The largest absolute Gasteiger partial charge is 0.444 e. The maximum Gasteiger partial charge on any atom is 0.413 e. The van der Waals surface area contributed by atoms with Gasteiger partial charge in [0.25, 0.3) is 0 Å². The second kappa shape index (κ2) is 5.89. The number of thioether (sulfide) groups is 1. The highest BCUT2D eigenvalue weighted by Crippen LogP contribution is 2.30. The first-order valence-electron chi connectivity index (χ1n) is 6.39. The van der Waals surface area contributed by atoms with E-state index in [0.29, 0.717) is 5.69 Å². The van der Waals surface area contributed by atoms with Gasteiger partial charge in [-0.15, -0.1) is 0 Å². The number of rotatable bonds is 3. The van der Waals surface area contributed by atoms with Crippen molar-refractivity contribution in [1.82, 2.24) is 9.55 Å². The Balaban J connectivity index is 1.64. The molecule has 0 aliphatic carbocycles.